The summed E-state index contributed by atoms with van der Waals surface area (Å²) in [6, 6.07) is 0. The maximum atomic E-state index is 9.76. The average molecular weight is 217 g/mol. The van der Waals surface area contributed by atoms with Crippen molar-refractivity contribution in [3.05, 3.63) is 5.92 Å². The van der Waals surface area contributed by atoms with E-state index in [-0.39, 0.29) is 32.7 Å². The number of hydrogen-bond donors (Lipinski definition) is 0. The van der Waals surface area contributed by atoms with E-state index in [9.17, 15) is 4.79 Å². The summed E-state index contributed by atoms with van der Waals surface area (Å²) >= 11 is 0. The van der Waals surface area contributed by atoms with Crippen molar-refractivity contribution >= 4 is 6.47 Å². The summed E-state index contributed by atoms with van der Waals surface area (Å²) in [4.78, 5) is 9.76. The third-order valence-electron chi connectivity index (χ3n) is 1.50. The van der Waals surface area contributed by atoms with Crippen LogP contribution in [0.15, 0.2) is 0 Å². The van der Waals surface area contributed by atoms with Crippen LogP contribution in [-0.2, 0) is 42.2 Å². The van der Waals surface area contributed by atoms with E-state index in [1.807, 2.05) is 27.7 Å². The Bertz CT molecular complexity index is 99.8. The molecular weight excluding hydrogens is 205 g/mol. The van der Waals surface area contributed by atoms with Gasteiger partial charge in [-0.3, -0.25) is 5.92 Å². The van der Waals surface area contributed by atoms with Crippen LogP contribution in [0.3, 0.4) is 0 Å². The van der Waals surface area contributed by atoms with Gasteiger partial charge >= 0.3 is 0 Å². The molecule has 0 saturated carbocycles. The first-order valence-corrected chi connectivity index (χ1v) is 2.86. The molecule has 0 aromatic rings. The minimum absolute atomic E-state index is 0. The van der Waals surface area contributed by atoms with Crippen LogP contribution in [0.25, 0.3) is 0 Å². The summed E-state index contributed by atoms with van der Waals surface area (Å²) in [7, 11) is 0. The predicted molar refractivity (Wildman–Crippen MR) is 35.4 cm³/mol. The molecule has 2 nitrogen and oxygen atoms in total. The second-order valence-corrected chi connectivity index (χ2v) is 2.70. The van der Waals surface area contributed by atoms with Gasteiger partial charge < -0.3 is 9.53 Å². The molecule has 0 aromatic carbocycles. The van der Waals surface area contributed by atoms with Crippen LogP contribution in [0.2, 0.25) is 0 Å². The first-order valence-electron chi connectivity index (χ1n) is 2.86. The van der Waals surface area contributed by atoms with Crippen LogP contribution < -0.4 is 0 Å². The average Bonchev–Trinajstić information content (AvgIpc) is 1.65. The second kappa shape index (κ2) is 5.25. The molecule has 10 heavy (non-hydrogen) atoms. The number of hydrogen-bond acceptors (Lipinski definition) is 2. The van der Waals surface area contributed by atoms with Crippen LogP contribution in [0, 0.1) is 5.92 Å². The summed E-state index contributed by atoms with van der Waals surface area (Å²) in [5.74, 6) is 1.06. The van der Waals surface area contributed by atoms with Crippen LogP contribution in [-0.4, -0.2) is 12.1 Å². The molecule has 0 saturated heterocycles. The first-order chi connectivity index (χ1) is 4.00. The van der Waals surface area contributed by atoms with Crippen LogP contribution in [0.4, 0.5) is 0 Å². The molecule has 0 amide bonds. The molecule has 0 spiro atoms. The van der Waals surface area contributed by atoms with Gasteiger partial charge in [-0.1, -0.05) is 25.9 Å². The molecule has 0 fully saturated rings. The number of rotatable bonds is 3. The minimum atomic E-state index is -0.457. The largest absolute Gasteiger partial charge is 0.672 e. The third kappa shape index (κ3) is 4.40. The van der Waals surface area contributed by atoms with E-state index in [4.69, 9.17) is 0 Å². The summed E-state index contributed by atoms with van der Waals surface area (Å²) in [5, 5.41) is 0. The van der Waals surface area contributed by atoms with Crippen molar-refractivity contribution in [2.24, 2.45) is 0 Å². The quantitative estimate of drug-likeness (QED) is 0.669. The van der Waals surface area contributed by atoms with Crippen molar-refractivity contribution < 1.29 is 42.2 Å². The summed E-state index contributed by atoms with van der Waals surface area (Å²) in [6.45, 7) is 8.90. The fourth-order valence-electron chi connectivity index (χ4n) is 0.206. The Kier molecular flexibility index (Phi) is 6.93. The summed E-state index contributed by atoms with van der Waals surface area (Å²) in [5.41, 5.74) is -0.457. The van der Waals surface area contributed by atoms with Crippen molar-refractivity contribution in [2.75, 3.05) is 0 Å². The van der Waals surface area contributed by atoms with Gasteiger partial charge in [-0.05, 0) is 0 Å². The summed E-state index contributed by atoms with van der Waals surface area (Å²) < 4.78 is 4.65. The maximum Gasteiger partial charge on any atom is 0 e. The minimum Gasteiger partial charge on any atom is -0.672 e. The molecule has 0 bridgehead atoms. The third-order valence-corrected chi connectivity index (χ3v) is 1.50. The predicted octanol–water partition coefficient (Wildman–Crippen LogP) is 1.46. The number of carbonyl (C=O) groups excluding carboxylic acids is 1. The molecule has 3 heteroatoms. The Morgan fingerprint density at radius 3 is 1.90 bits per heavy atom. The zero-order valence-electron chi connectivity index (χ0n) is 6.89. The van der Waals surface area contributed by atoms with Gasteiger partial charge in [-0.25, -0.2) is 0 Å². The Labute approximate surface area is 87.6 Å². The molecular formula is C7H12O2Y-2. The maximum absolute atomic E-state index is 9.76. The molecule has 0 rings (SSSR count). The van der Waals surface area contributed by atoms with Gasteiger partial charge in [0.1, 0.15) is 0 Å². The zero-order valence-corrected chi connectivity index (χ0v) is 9.73. The van der Waals surface area contributed by atoms with Gasteiger partial charge in [0.2, 0.25) is 0 Å². The van der Waals surface area contributed by atoms with Gasteiger partial charge in [-0.15, -0.1) is 0 Å². The fraction of sp³-hybridized carbons (Fsp3) is 0.714. The fourth-order valence-corrected chi connectivity index (χ4v) is 0.206. The molecule has 0 aliphatic rings. The smallest absolute Gasteiger partial charge is 0 e. The molecule has 0 atom stereocenters. The van der Waals surface area contributed by atoms with Crippen molar-refractivity contribution in [1.29, 1.82) is 0 Å². The Balaban J connectivity index is 0. The van der Waals surface area contributed by atoms with Gasteiger partial charge in [0.15, 0.2) is 0 Å². The zero-order chi connectivity index (χ0) is 7.49. The van der Waals surface area contributed by atoms with Crippen molar-refractivity contribution in [1.82, 2.24) is 0 Å². The SMILES string of the molecule is C[C-](C)C(C)(C)O[C-]=O.[Y]. The van der Waals surface area contributed by atoms with E-state index in [2.05, 4.69) is 4.74 Å². The van der Waals surface area contributed by atoms with E-state index in [1.165, 1.54) is 6.47 Å². The van der Waals surface area contributed by atoms with Crippen molar-refractivity contribution in [3.63, 3.8) is 0 Å². The Morgan fingerprint density at radius 1 is 1.40 bits per heavy atom. The molecule has 0 aromatic heterocycles. The first kappa shape index (κ1) is 13.2. The molecule has 57 valence electrons. The monoisotopic (exact) mass is 217 g/mol. The van der Waals surface area contributed by atoms with Gasteiger partial charge in [0.25, 0.3) is 0 Å². The summed E-state index contributed by atoms with van der Waals surface area (Å²) in [6.07, 6.45) is 0. The van der Waals surface area contributed by atoms with Crippen LogP contribution in [0.1, 0.15) is 27.7 Å². The van der Waals surface area contributed by atoms with E-state index >= 15 is 0 Å². The molecule has 0 aliphatic carbocycles. The van der Waals surface area contributed by atoms with Gasteiger partial charge in [-0.2, -0.15) is 13.8 Å². The van der Waals surface area contributed by atoms with E-state index in [1.54, 1.807) is 0 Å². The normalized spacial score (nSPS) is 10.5. The molecule has 0 N–H and O–H groups in total. The van der Waals surface area contributed by atoms with E-state index in [0.29, 0.717) is 0 Å². The van der Waals surface area contributed by atoms with Gasteiger partial charge in [0, 0.05) is 32.7 Å². The van der Waals surface area contributed by atoms with Crippen molar-refractivity contribution in [3.8, 4) is 0 Å². The molecule has 1 radical (unpaired) electrons. The van der Waals surface area contributed by atoms with E-state index in [0.717, 1.165) is 5.92 Å². The topological polar surface area (TPSA) is 26.3 Å². The van der Waals surface area contributed by atoms with Crippen LogP contribution in [0.5, 0.6) is 0 Å². The van der Waals surface area contributed by atoms with Crippen molar-refractivity contribution in [2.45, 2.75) is 33.3 Å². The molecule has 0 unspecified atom stereocenters. The van der Waals surface area contributed by atoms with Gasteiger partial charge in [0.05, 0.1) is 0 Å². The number of ether oxygens (including phenoxy) is 1. The van der Waals surface area contributed by atoms with E-state index < -0.39 is 5.60 Å². The Morgan fingerprint density at radius 2 is 1.80 bits per heavy atom. The van der Waals surface area contributed by atoms with Crippen LogP contribution >= 0.6 is 0 Å². The Hall–Kier alpha value is 0.574. The second-order valence-electron chi connectivity index (χ2n) is 2.70. The molecule has 0 heterocycles. The standard InChI is InChI=1S/C7H12O2.Y/c1-6(2)7(3,4)9-5-8;/h1-4H3;/q-2;. The molecule has 0 aliphatic heterocycles.